The number of hydrogen-bond donors (Lipinski definition) is 2. The van der Waals surface area contributed by atoms with Crippen molar-refractivity contribution in [3.8, 4) is 0 Å². The van der Waals surface area contributed by atoms with E-state index in [9.17, 15) is 5.11 Å². The van der Waals surface area contributed by atoms with E-state index < -0.39 is 6.23 Å². The first-order valence-electron chi connectivity index (χ1n) is 7.96. The number of halogens is 1. The van der Waals surface area contributed by atoms with Crippen LogP contribution in [0.4, 0.5) is 0 Å². The summed E-state index contributed by atoms with van der Waals surface area (Å²) in [5.41, 5.74) is 7.51. The normalized spacial score (nSPS) is 22.0. The minimum absolute atomic E-state index is 0.165. The lowest BCUT2D eigenvalue weighted by molar-refractivity contribution is -0.0393. The Morgan fingerprint density at radius 1 is 1.29 bits per heavy atom. The molecule has 1 aromatic carbocycles. The van der Waals surface area contributed by atoms with Crippen LogP contribution >= 0.6 is 11.6 Å². The van der Waals surface area contributed by atoms with E-state index in [0.717, 1.165) is 37.4 Å². The van der Waals surface area contributed by atoms with E-state index >= 15 is 0 Å². The predicted octanol–water partition coefficient (Wildman–Crippen LogP) is 3.21. The molecule has 0 bridgehead atoms. The van der Waals surface area contributed by atoms with Crippen molar-refractivity contribution in [1.82, 2.24) is 4.90 Å². The van der Waals surface area contributed by atoms with E-state index in [-0.39, 0.29) is 6.04 Å². The molecule has 1 fully saturated rings. The van der Waals surface area contributed by atoms with Crippen LogP contribution in [0.3, 0.4) is 0 Å². The number of piperidine rings is 1. The molecule has 1 unspecified atom stereocenters. The Balaban J connectivity index is 1.89. The molecule has 21 heavy (non-hydrogen) atoms. The molecule has 0 aromatic heterocycles. The molecule has 1 aliphatic heterocycles. The van der Waals surface area contributed by atoms with Crippen LogP contribution in [-0.2, 0) is 0 Å². The third-order valence-corrected chi connectivity index (χ3v) is 5.14. The lowest BCUT2D eigenvalue weighted by Gasteiger charge is -2.38. The molecular formula is C17H27ClN2O. The Morgan fingerprint density at radius 2 is 1.86 bits per heavy atom. The average molecular weight is 311 g/mol. The van der Waals surface area contributed by atoms with Gasteiger partial charge in [-0.2, -0.15) is 0 Å². The molecule has 0 saturated carbocycles. The summed E-state index contributed by atoms with van der Waals surface area (Å²) in [5.74, 6) is 0.902. The zero-order chi connectivity index (χ0) is 15.4. The van der Waals surface area contributed by atoms with E-state index in [4.69, 9.17) is 17.3 Å². The van der Waals surface area contributed by atoms with Crippen LogP contribution in [0, 0.1) is 5.92 Å². The highest BCUT2D eigenvalue weighted by Gasteiger charge is 2.29. The second-order valence-corrected chi connectivity index (χ2v) is 6.67. The minimum Gasteiger partial charge on any atom is -0.377 e. The Hall–Kier alpha value is -0.610. The van der Waals surface area contributed by atoms with Gasteiger partial charge in [-0.1, -0.05) is 44.0 Å². The summed E-state index contributed by atoms with van der Waals surface area (Å²) in [6.07, 6.45) is 2.60. The largest absolute Gasteiger partial charge is 0.377 e. The van der Waals surface area contributed by atoms with Crippen LogP contribution in [0.15, 0.2) is 24.3 Å². The van der Waals surface area contributed by atoms with E-state index in [1.165, 1.54) is 5.56 Å². The fourth-order valence-corrected chi connectivity index (χ4v) is 3.17. The van der Waals surface area contributed by atoms with Gasteiger partial charge in [-0.3, -0.25) is 4.90 Å². The van der Waals surface area contributed by atoms with E-state index in [1.807, 2.05) is 12.1 Å². The topological polar surface area (TPSA) is 49.5 Å². The van der Waals surface area contributed by atoms with Gasteiger partial charge in [0, 0.05) is 24.2 Å². The highest BCUT2D eigenvalue weighted by Crippen LogP contribution is 2.30. The van der Waals surface area contributed by atoms with Gasteiger partial charge in [0.2, 0.25) is 0 Å². The first-order chi connectivity index (χ1) is 10.0. The SMILES string of the molecule is CC[C@@H](C)[C@@H](N)C(O)N1CCC(c2ccc(Cl)cc2)CC1. The zero-order valence-electron chi connectivity index (χ0n) is 13.0. The quantitative estimate of drug-likeness (QED) is 0.878. The maximum Gasteiger partial charge on any atom is 0.122 e. The smallest absolute Gasteiger partial charge is 0.122 e. The van der Waals surface area contributed by atoms with Crippen molar-refractivity contribution in [3.63, 3.8) is 0 Å². The number of rotatable bonds is 5. The van der Waals surface area contributed by atoms with Gasteiger partial charge in [-0.15, -0.1) is 0 Å². The summed E-state index contributed by atoms with van der Waals surface area (Å²) in [5, 5.41) is 11.2. The number of nitrogens with two attached hydrogens (primary N) is 1. The summed E-state index contributed by atoms with van der Waals surface area (Å²) in [6, 6.07) is 7.98. The molecule has 0 radical (unpaired) electrons. The number of likely N-dealkylation sites (tertiary alicyclic amines) is 1. The number of hydrogen-bond acceptors (Lipinski definition) is 3. The highest BCUT2D eigenvalue weighted by atomic mass is 35.5. The van der Waals surface area contributed by atoms with Crippen LogP contribution in [-0.4, -0.2) is 35.4 Å². The van der Waals surface area contributed by atoms with E-state index in [1.54, 1.807) is 0 Å². The molecule has 3 nitrogen and oxygen atoms in total. The van der Waals surface area contributed by atoms with Gasteiger partial charge in [0.1, 0.15) is 6.23 Å². The predicted molar refractivity (Wildman–Crippen MR) is 88.4 cm³/mol. The first kappa shape index (κ1) is 16.8. The molecule has 1 saturated heterocycles. The van der Waals surface area contributed by atoms with Crippen LogP contribution < -0.4 is 5.73 Å². The molecule has 1 aliphatic rings. The molecular weight excluding hydrogens is 284 g/mol. The van der Waals surface area contributed by atoms with E-state index in [2.05, 4.69) is 30.9 Å². The second kappa shape index (κ2) is 7.59. The maximum atomic E-state index is 10.4. The standard InChI is InChI=1S/C17H27ClN2O/c1-3-12(2)16(19)17(21)20-10-8-14(9-11-20)13-4-6-15(18)7-5-13/h4-7,12,14,16-17,21H,3,8-11,19H2,1-2H3/t12-,16-,17?/m1/s1. The maximum absolute atomic E-state index is 10.4. The van der Waals surface area contributed by atoms with Gasteiger partial charge in [-0.05, 0) is 42.4 Å². The number of aliphatic hydroxyl groups is 1. The first-order valence-corrected chi connectivity index (χ1v) is 8.34. The third kappa shape index (κ3) is 4.19. The Morgan fingerprint density at radius 3 is 2.38 bits per heavy atom. The van der Waals surface area contributed by atoms with Crippen molar-refractivity contribution in [2.24, 2.45) is 11.7 Å². The van der Waals surface area contributed by atoms with Crippen molar-refractivity contribution in [3.05, 3.63) is 34.9 Å². The molecule has 3 N–H and O–H groups in total. The summed E-state index contributed by atoms with van der Waals surface area (Å²) in [4.78, 5) is 2.13. The van der Waals surface area contributed by atoms with Crippen molar-refractivity contribution in [2.45, 2.75) is 51.3 Å². The fourth-order valence-electron chi connectivity index (χ4n) is 3.04. The molecule has 2 rings (SSSR count). The second-order valence-electron chi connectivity index (χ2n) is 6.24. The summed E-state index contributed by atoms with van der Waals surface area (Å²) in [7, 11) is 0. The Bertz CT molecular complexity index is 429. The summed E-state index contributed by atoms with van der Waals surface area (Å²) in [6.45, 7) is 6.02. The van der Waals surface area contributed by atoms with Gasteiger partial charge in [0.25, 0.3) is 0 Å². The number of benzene rings is 1. The molecule has 1 aromatic rings. The lowest BCUT2D eigenvalue weighted by atomic mass is 9.88. The monoisotopic (exact) mass is 310 g/mol. The third-order valence-electron chi connectivity index (χ3n) is 4.89. The zero-order valence-corrected chi connectivity index (χ0v) is 13.8. The molecule has 3 atom stereocenters. The molecule has 0 spiro atoms. The van der Waals surface area contributed by atoms with Crippen molar-refractivity contribution in [1.29, 1.82) is 0 Å². The highest BCUT2D eigenvalue weighted by molar-refractivity contribution is 6.30. The number of nitrogens with zero attached hydrogens (tertiary/aromatic N) is 1. The van der Waals surface area contributed by atoms with Gasteiger partial charge in [0.15, 0.2) is 0 Å². The van der Waals surface area contributed by atoms with Crippen LogP contribution in [0.1, 0.15) is 44.6 Å². The van der Waals surface area contributed by atoms with Crippen molar-refractivity contribution < 1.29 is 5.11 Å². The van der Waals surface area contributed by atoms with Gasteiger partial charge in [-0.25, -0.2) is 0 Å². The van der Waals surface area contributed by atoms with Crippen molar-refractivity contribution >= 4 is 11.6 Å². The molecule has 0 aliphatic carbocycles. The summed E-state index contributed by atoms with van der Waals surface area (Å²) >= 11 is 5.94. The molecule has 1 heterocycles. The van der Waals surface area contributed by atoms with Gasteiger partial charge < -0.3 is 10.8 Å². The number of aliphatic hydroxyl groups excluding tert-OH is 1. The van der Waals surface area contributed by atoms with Crippen LogP contribution in [0.25, 0.3) is 0 Å². The van der Waals surface area contributed by atoms with Crippen LogP contribution in [0.5, 0.6) is 0 Å². The Kier molecular flexibility index (Phi) is 6.06. The fraction of sp³-hybridized carbons (Fsp3) is 0.647. The molecule has 0 amide bonds. The Labute approximate surface area is 133 Å². The molecule has 4 heteroatoms. The lowest BCUT2D eigenvalue weighted by Crippen LogP contribution is -2.52. The molecule has 118 valence electrons. The minimum atomic E-state index is -0.522. The van der Waals surface area contributed by atoms with Crippen LogP contribution in [0.2, 0.25) is 5.02 Å². The average Bonchev–Trinajstić information content (AvgIpc) is 2.53. The van der Waals surface area contributed by atoms with Gasteiger partial charge >= 0.3 is 0 Å². The van der Waals surface area contributed by atoms with Crippen molar-refractivity contribution in [2.75, 3.05) is 13.1 Å². The van der Waals surface area contributed by atoms with E-state index in [0.29, 0.717) is 11.8 Å². The summed E-state index contributed by atoms with van der Waals surface area (Å²) < 4.78 is 0. The van der Waals surface area contributed by atoms with Gasteiger partial charge in [0.05, 0.1) is 0 Å².